The number of ether oxygens (including phenoxy) is 2. The van der Waals surface area contributed by atoms with Crippen LogP contribution in [0.3, 0.4) is 0 Å². The third-order valence-electron chi connectivity index (χ3n) is 4.48. The summed E-state index contributed by atoms with van der Waals surface area (Å²) in [5.41, 5.74) is 2.54. The zero-order valence-corrected chi connectivity index (χ0v) is 17.0. The van der Waals surface area contributed by atoms with Crippen molar-refractivity contribution in [3.05, 3.63) is 59.7 Å². The van der Waals surface area contributed by atoms with E-state index in [2.05, 4.69) is 32.2 Å². The van der Waals surface area contributed by atoms with E-state index < -0.39 is 6.10 Å². The Morgan fingerprint density at radius 2 is 1.78 bits per heavy atom. The highest BCUT2D eigenvalue weighted by molar-refractivity contribution is 5.80. The molecule has 0 unspecified atom stereocenters. The van der Waals surface area contributed by atoms with Gasteiger partial charge in [-0.15, -0.1) is 0 Å². The minimum Gasteiger partial charge on any atom is -0.497 e. The van der Waals surface area contributed by atoms with Gasteiger partial charge in [-0.2, -0.15) is 0 Å². The van der Waals surface area contributed by atoms with E-state index in [1.165, 1.54) is 11.1 Å². The highest BCUT2D eigenvalue weighted by Gasteiger charge is 2.16. The topological polar surface area (TPSA) is 47.6 Å². The highest BCUT2D eigenvalue weighted by Crippen LogP contribution is 2.24. The van der Waals surface area contributed by atoms with Crippen molar-refractivity contribution in [2.45, 2.75) is 52.1 Å². The quantitative estimate of drug-likeness (QED) is 0.697. The molecule has 0 aliphatic heterocycles. The number of amides is 1. The van der Waals surface area contributed by atoms with E-state index in [4.69, 9.17) is 9.47 Å². The average Bonchev–Trinajstić information content (AvgIpc) is 2.65. The fourth-order valence-electron chi connectivity index (χ4n) is 2.77. The molecule has 0 aromatic heterocycles. The first-order valence-corrected chi connectivity index (χ1v) is 9.47. The van der Waals surface area contributed by atoms with Gasteiger partial charge in [0.2, 0.25) is 0 Å². The van der Waals surface area contributed by atoms with Gasteiger partial charge in [-0.05, 0) is 60.6 Å². The molecule has 0 bridgehead atoms. The Morgan fingerprint density at radius 3 is 2.41 bits per heavy atom. The van der Waals surface area contributed by atoms with E-state index in [0.29, 0.717) is 12.3 Å². The molecule has 0 radical (unpaired) electrons. The molecule has 1 amide bonds. The summed E-state index contributed by atoms with van der Waals surface area (Å²) in [7, 11) is 1.66. The van der Waals surface area contributed by atoms with Gasteiger partial charge in [0.25, 0.3) is 5.91 Å². The Bertz CT molecular complexity index is 732. The maximum atomic E-state index is 12.2. The molecule has 1 N–H and O–H groups in total. The van der Waals surface area contributed by atoms with Crippen molar-refractivity contribution in [2.75, 3.05) is 13.7 Å². The van der Waals surface area contributed by atoms with Crippen LogP contribution in [0.5, 0.6) is 11.5 Å². The van der Waals surface area contributed by atoms with Gasteiger partial charge in [-0.3, -0.25) is 4.79 Å². The summed E-state index contributed by atoms with van der Waals surface area (Å²) < 4.78 is 11.0. The third-order valence-corrected chi connectivity index (χ3v) is 4.48. The zero-order chi connectivity index (χ0) is 19.9. The Hall–Kier alpha value is -2.49. The molecule has 0 saturated carbocycles. The summed E-state index contributed by atoms with van der Waals surface area (Å²) in [6, 6.07) is 15.9. The zero-order valence-electron chi connectivity index (χ0n) is 17.0. The number of aryl methyl sites for hydroxylation is 1. The third kappa shape index (κ3) is 6.63. The molecule has 4 heteroatoms. The van der Waals surface area contributed by atoms with E-state index in [1.54, 1.807) is 14.0 Å². The molecule has 0 saturated heterocycles. The van der Waals surface area contributed by atoms with Crippen LogP contribution in [0.4, 0.5) is 0 Å². The van der Waals surface area contributed by atoms with Gasteiger partial charge < -0.3 is 14.8 Å². The molecule has 0 aliphatic carbocycles. The van der Waals surface area contributed by atoms with Gasteiger partial charge in [0.05, 0.1) is 7.11 Å². The summed E-state index contributed by atoms with van der Waals surface area (Å²) in [6.07, 6.45) is 1.23. The fourth-order valence-corrected chi connectivity index (χ4v) is 2.77. The molecular weight excluding hydrogens is 338 g/mol. The predicted molar refractivity (Wildman–Crippen MR) is 110 cm³/mol. The minimum atomic E-state index is -0.526. The molecule has 0 aliphatic rings. The van der Waals surface area contributed by atoms with E-state index in [-0.39, 0.29) is 11.3 Å². The van der Waals surface area contributed by atoms with Crippen molar-refractivity contribution in [3.63, 3.8) is 0 Å². The van der Waals surface area contributed by atoms with Crippen LogP contribution in [-0.4, -0.2) is 25.7 Å². The summed E-state index contributed by atoms with van der Waals surface area (Å²) in [5, 5.41) is 2.94. The Labute approximate surface area is 162 Å². The van der Waals surface area contributed by atoms with Crippen molar-refractivity contribution in [1.82, 2.24) is 5.32 Å². The lowest BCUT2D eigenvalue weighted by Crippen LogP contribution is -2.36. The number of carbonyl (C=O) groups excluding carboxylic acids is 1. The van der Waals surface area contributed by atoms with Gasteiger partial charge >= 0.3 is 0 Å². The molecule has 2 aromatic rings. The maximum absolute atomic E-state index is 12.2. The predicted octanol–water partition coefficient (Wildman–Crippen LogP) is 4.51. The summed E-state index contributed by atoms with van der Waals surface area (Å²) in [5.74, 6) is 1.47. The first-order valence-electron chi connectivity index (χ1n) is 9.47. The van der Waals surface area contributed by atoms with Crippen LogP contribution in [0, 0.1) is 0 Å². The smallest absolute Gasteiger partial charge is 0.260 e. The molecule has 0 heterocycles. The lowest BCUT2D eigenvalue weighted by Gasteiger charge is -2.20. The van der Waals surface area contributed by atoms with E-state index >= 15 is 0 Å². The molecule has 2 rings (SSSR count). The number of hydrogen-bond donors (Lipinski definition) is 1. The lowest BCUT2D eigenvalue weighted by molar-refractivity contribution is -0.127. The normalized spacial score (nSPS) is 12.3. The number of benzene rings is 2. The van der Waals surface area contributed by atoms with Gasteiger partial charge in [-0.1, -0.05) is 45.0 Å². The Balaban J connectivity index is 1.75. The summed E-state index contributed by atoms with van der Waals surface area (Å²) >= 11 is 0. The van der Waals surface area contributed by atoms with Crippen LogP contribution in [0.25, 0.3) is 0 Å². The lowest BCUT2D eigenvalue weighted by atomic mass is 9.87. The van der Waals surface area contributed by atoms with E-state index in [9.17, 15) is 4.79 Å². The second-order valence-corrected chi connectivity index (χ2v) is 7.78. The fraction of sp³-hybridized carbons (Fsp3) is 0.435. The van der Waals surface area contributed by atoms with Crippen LogP contribution in [0.1, 0.15) is 45.2 Å². The van der Waals surface area contributed by atoms with Crippen LogP contribution in [0.15, 0.2) is 48.5 Å². The van der Waals surface area contributed by atoms with Crippen molar-refractivity contribution < 1.29 is 14.3 Å². The minimum absolute atomic E-state index is 0.0967. The summed E-state index contributed by atoms with van der Waals surface area (Å²) in [6.45, 7) is 8.90. The summed E-state index contributed by atoms with van der Waals surface area (Å²) in [4.78, 5) is 12.2. The first kappa shape index (κ1) is 20.8. The number of nitrogens with one attached hydrogen (secondary N) is 1. The molecule has 4 nitrogen and oxygen atoms in total. The average molecular weight is 370 g/mol. The first-order chi connectivity index (χ1) is 12.8. The van der Waals surface area contributed by atoms with Crippen molar-refractivity contribution >= 4 is 5.91 Å². The van der Waals surface area contributed by atoms with Crippen molar-refractivity contribution in [1.29, 1.82) is 0 Å². The molecule has 0 spiro atoms. The molecule has 27 heavy (non-hydrogen) atoms. The Morgan fingerprint density at radius 1 is 1.07 bits per heavy atom. The largest absolute Gasteiger partial charge is 0.497 e. The van der Waals surface area contributed by atoms with Crippen LogP contribution in [0.2, 0.25) is 0 Å². The van der Waals surface area contributed by atoms with Crippen LogP contribution < -0.4 is 14.8 Å². The SMILES string of the molecule is COc1cccc(CCCNC(=O)[C@H](C)Oc2ccc(C(C)(C)C)cc2)c1. The van der Waals surface area contributed by atoms with Gasteiger partial charge in [-0.25, -0.2) is 0 Å². The standard InChI is InChI=1S/C23H31NO3/c1-17(27-20-13-11-19(12-14-20)23(2,3)4)22(25)24-15-7-9-18-8-6-10-21(16-18)26-5/h6,8,10-14,16-17H,7,9,15H2,1-5H3,(H,24,25)/t17-/m0/s1. The molecular formula is C23H31NO3. The monoisotopic (exact) mass is 369 g/mol. The van der Waals surface area contributed by atoms with Gasteiger partial charge in [0.1, 0.15) is 11.5 Å². The van der Waals surface area contributed by atoms with Crippen LogP contribution in [-0.2, 0) is 16.6 Å². The van der Waals surface area contributed by atoms with Crippen molar-refractivity contribution in [3.8, 4) is 11.5 Å². The number of carbonyl (C=O) groups is 1. The molecule has 2 aromatic carbocycles. The van der Waals surface area contributed by atoms with Crippen molar-refractivity contribution in [2.24, 2.45) is 0 Å². The van der Waals surface area contributed by atoms with E-state index in [0.717, 1.165) is 18.6 Å². The molecule has 0 fully saturated rings. The number of rotatable bonds is 8. The van der Waals surface area contributed by atoms with Gasteiger partial charge in [0.15, 0.2) is 6.10 Å². The number of methoxy groups -OCH3 is 1. The second kappa shape index (κ2) is 9.45. The molecule has 1 atom stereocenters. The van der Waals surface area contributed by atoms with E-state index in [1.807, 2.05) is 42.5 Å². The Kier molecular flexibility index (Phi) is 7.28. The highest BCUT2D eigenvalue weighted by atomic mass is 16.5. The van der Waals surface area contributed by atoms with Crippen LogP contribution >= 0.6 is 0 Å². The number of hydrogen-bond acceptors (Lipinski definition) is 3. The molecule has 146 valence electrons. The second-order valence-electron chi connectivity index (χ2n) is 7.78. The van der Waals surface area contributed by atoms with Gasteiger partial charge in [0, 0.05) is 6.54 Å². The maximum Gasteiger partial charge on any atom is 0.260 e.